The van der Waals surface area contributed by atoms with Gasteiger partial charge in [-0.15, -0.1) is 22.7 Å². The Morgan fingerprint density at radius 3 is 2.61 bits per heavy atom. The summed E-state index contributed by atoms with van der Waals surface area (Å²) < 4.78 is 38.2. The van der Waals surface area contributed by atoms with Gasteiger partial charge >= 0.3 is 12.1 Å². The number of hydrogen-bond donors (Lipinski definition) is 2. The molecule has 0 aliphatic heterocycles. The number of nitrogens with zero attached hydrogens (tertiary/aromatic N) is 1. The molecule has 2 aromatic rings. The van der Waals surface area contributed by atoms with Gasteiger partial charge in [0.1, 0.15) is 11.0 Å². The first kappa shape index (κ1) is 18.5. The van der Waals surface area contributed by atoms with Gasteiger partial charge < -0.3 is 5.11 Å². The smallest absolute Gasteiger partial charge is 0.434 e. The van der Waals surface area contributed by atoms with E-state index >= 15 is 0 Å². The van der Waals surface area contributed by atoms with Crippen LogP contribution in [0.3, 0.4) is 0 Å². The molecule has 0 spiro atoms. The van der Waals surface area contributed by atoms with Gasteiger partial charge in [-0.2, -0.15) is 13.2 Å². The quantitative estimate of drug-likeness (QED) is 0.752. The number of rotatable bonds is 6. The van der Waals surface area contributed by atoms with Gasteiger partial charge in [-0.05, 0) is 11.6 Å². The predicted molar refractivity (Wildman–Crippen MR) is 83.4 cm³/mol. The van der Waals surface area contributed by atoms with Gasteiger partial charge in [0.05, 0.1) is 8.67 Å². The number of nitrogens with one attached hydrogen (secondary N) is 1. The van der Waals surface area contributed by atoms with Gasteiger partial charge in [0, 0.05) is 18.3 Å². The van der Waals surface area contributed by atoms with E-state index in [2.05, 4.69) is 10.3 Å². The molecule has 0 amide bonds. The van der Waals surface area contributed by atoms with Crippen molar-refractivity contribution in [3.05, 3.63) is 36.4 Å². The van der Waals surface area contributed by atoms with E-state index in [0.717, 1.165) is 28.1 Å². The minimum atomic E-state index is -4.51. The second-order valence-electron chi connectivity index (χ2n) is 4.45. The van der Waals surface area contributed by atoms with Crippen LogP contribution in [0.1, 0.15) is 16.3 Å². The third-order valence-electron chi connectivity index (χ3n) is 2.79. The largest absolute Gasteiger partial charge is 0.480 e. The number of thiazole rings is 1. The second kappa shape index (κ2) is 7.35. The van der Waals surface area contributed by atoms with Crippen LogP contribution in [0.25, 0.3) is 0 Å². The molecule has 0 aromatic carbocycles. The molecule has 11 heteroatoms. The number of hydrogen-bond acceptors (Lipinski definition) is 5. The molecule has 2 N–H and O–H groups in total. The molecular formula is C12H9Cl2F3N2O2S2. The monoisotopic (exact) mass is 404 g/mol. The lowest BCUT2D eigenvalue weighted by Crippen LogP contribution is -2.38. The maximum absolute atomic E-state index is 12.5. The Kier molecular flexibility index (Phi) is 5.90. The first-order valence-corrected chi connectivity index (χ1v) is 8.53. The predicted octanol–water partition coefficient (Wildman–Crippen LogP) is 4.32. The van der Waals surface area contributed by atoms with Crippen LogP contribution in [-0.2, 0) is 23.9 Å². The number of carbonyl (C=O) groups is 1. The molecule has 0 saturated carbocycles. The van der Waals surface area contributed by atoms with E-state index < -0.39 is 23.9 Å². The van der Waals surface area contributed by atoms with Crippen LogP contribution >= 0.6 is 45.9 Å². The van der Waals surface area contributed by atoms with E-state index in [0.29, 0.717) is 14.2 Å². The highest BCUT2D eigenvalue weighted by molar-refractivity contribution is 7.20. The van der Waals surface area contributed by atoms with Crippen molar-refractivity contribution in [2.45, 2.75) is 25.2 Å². The minimum absolute atomic E-state index is 0.0644. The fraction of sp³-hybridized carbons (Fsp3) is 0.333. The number of carboxylic acids is 1. The zero-order valence-corrected chi connectivity index (χ0v) is 14.3. The lowest BCUT2D eigenvalue weighted by Gasteiger charge is -2.13. The third kappa shape index (κ3) is 5.05. The summed E-state index contributed by atoms with van der Waals surface area (Å²) >= 11 is 13.7. The van der Waals surface area contributed by atoms with E-state index in [-0.39, 0.29) is 18.0 Å². The van der Waals surface area contributed by atoms with E-state index in [1.165, 1.54) is 0 Å². The van der Waals surface area contributed by atoms with Crippen LogP contribution < -0.4 is 5.32 Å². The number of halogens is 5. The van der Waals surface area contributed by atoms with Crippen molar-refractivity contribution in [3.63, 3.8) is 0 Å². The van der Waals surface area contributed by atoms with Crippen molar-refractivity contribution in [2.24, 2.45) is 0 Å². The molecular weight excluding hydrogens is 396 g/mol. The Morgan fingerprint density at radius 1 is 1.43 bits per heavy atom. The zero-order valence-electron chi connectivity index (χ0n) is 11.2. The molecule has 23 heavy (non-hydrogen) atoms. The first-order valence-electron chi connectivity index (χ1n) is 6.08. The molecule has 1 atom stereocenters. The summed E-state index contributed by atoms with van der Waals surface area (Å²) in [4.78, 5) is 14.7. The summed E-state index contributed by atoms with van der Waals surface area (Å²) in [5.74, 6) is -1.14. The fourth-order valence-corrected chi connectivity index (χ4v) is 3.97. The highest BCUT2D eigenvalue weighted by atomic mass is 35.5. The molecule has 0 saturated heterocycles. The Labute approximate surface area is 146 Å². The summed E-state index contributed by atoms with van der Waals surface area (Å²) in [5.41, 5.74) is -0.421. The minimum Gasteiger partial charge on any atom is -0.480 e. The van der Waals surface area contributed by atoms with Crippen molar-refractivity contribution in [1.82, 2.24) is 10.3 Å². The van der Waals surface area contributed by atoms with Crippen molar-refractivity contribution in [3.8, 4) is 0 Å². The van der Waals surface area contributed by atoms with Gasteiger partial charge in [-0.1, -0.05) is 23.2 Å². The molecule has 2 aromatic heterocycles. The maximum atomic E-state index is 12.5. The Hall–Kier alpha value is -0.870. The Balaban J connectivity index is 2.01. The fourth-order valence-electron chi connectivity index (χ4n) is 1.71. The lowest BCUT2D eigenvalue weighted by atomic mass is 10.1. The Bertz CT molecular complexity index is 703. The third-order valence-corrected chi connectivity index (χ3v) is 5.21. The maximum Gasteiger partial charge on any atom is 0.434 e. The van der Waals surface area contributed by atoms with Crippen LogP contribution in [0, 0.1) is 0 Å². The van der Waals surface area contributed by atoms with Crippen molar-refractivity contribution < 1.29 is 23.1 Å². The molecule has 0 bridgehead atoms. The van der Waals surface area contributed by atoms with Gasteiger partial charge in [0.15, 0.2) is 5.69 Å². The number of aromatic nitrogens is 1. The molecule has 4 nitrogen and oxygen atoms in total. The van der Waals surface area contributed by atoms with E-state index in [4.69, 9.17) is 23.2 Å². The van der Waals surface area contributed by atoms with Crippen LogP contribution in [-0.4, -0.2) is 22.1 Å². The van der Waals surface area contributed by atoms with Gasteiger partial charge in [0.25, 0.3) is 0 Å². The summed E-state index contributed by atoms with van der Waals surface area (Å²) in [6, 6.07) is 0.550. The molecule has 126 valence electrons. The van der Waals surface area contributed by atoms with E-state index in [9.17, 15) is 23.1 Å². The topological polar surface area (TPSA) is 62.2 Å². The van der Waals surface area contributed by atoms with Gasteiger partial charge in [-0.3, -0.25) is 10.1 Å². The van der Waals surface area contributed by atoms with Gasteiger partial charge in [0.2, 0.25) is 0 Å². The van der Waals surface area contributed by atoms with Crippen molar-refractivity contribution in [1.29, 1.82) is 0 Å². The molecule has 0 aliphatic rings. The SMILES string of the molecule is O=C(O)C(Cc1cc(Cl)sc1Cl)NCc1nc(C(F)(F)F)cs1. The molecule has 2 heterocycles. The van der Waals surface area contributed by atoms with Crippen LogP contribution in [0.15, 0.2) is 11.4 Å². The zero-order chi connectivity index (χ0) is 17.2. The summed E-state index contributed by atoms with van der Waals surface area (Å²) in [6.45, 7) is -0.0901. The van der Waals surface area contributed by atoms with E-state index in [1.54, 1.807) is 6.07 Å². The summed E-state index contributed by atoms with van der Waals surface area (Å²) in [7, 11) is 0. The van der Waals surface area contributed by atoms with Crippen molar-refractivity contribution in [2.75, 3.05) is 0 Å². The number of alkyl halides is 3. The number of thiophene rings is 1. The van der Waals surface area contributed by atoms with Crippen LogP contribution in [0.2, 0.25) is 8.67 Å². The molecule has 0 fully saturated rings. The summed E-state index contributed by atoms with van der Waals surface area (Å²) in [6.07, 6.45) is -4.45. The first-order chi connectivity index (χ1) is 10.7. The standard InChI is InChI=1S/C12H9Cl2F3N2O2S2/c13-8-2-5(10(14)23-8)1-6(11(20)21)18-3-9-19-7(4-22-9)12(15,16)17/h2,4,6,18H,1,3H2,(H,20,21). The normalized spacial score (nSPS) is 13.3. The van der Waals surface area contributed by atoms with E-state index in [1.807, 2.05) is 0 Å². The molecule has 0 aliphatic carbocycles. The van der Waals surface area contributed by atoms with Crippen LogP contribution in [0.4, 0.5) is 13.2 Å². The molecule has 1 unspecified atom stereocenters. The average molecular weight is 405 g/mol. The van der Waals surface area contributed by atoms with Crippen molar-refractivity contribution >= 4 is 51.8 Å². The van der Waals surface area contributed by atoms with Gasteiger partial charge in [-0.25, -0.2) is 4.98 Å². The van der Waals surface area contributed by atoms with Crippen LogP contribution in [0.5, 0.6) is 0 Å². The molecule has 2 rings (SSSR count). The Morgan fingerprint density at radius 2 is 2.13 bits per heavy atom. The second-order valence-corrected chi connectivity index (χ2v) is 7.68. The molecule has 0 radical (unpaired) electrons. The number of carboxylic acid groups (broad SMARTS) is 1. The highest BCUT2D eigenvalue weighted by Crippen LogP contribution is 2.32. The lowest BCUT2D eigenvalue weighted by molar-refractivity contribution is -0.141. The highest BCUT2D eigenvalue weighted by Gasteiger charge is 2.33. The summed E-state index contributed by atoms with van der Waals surface area (Å²) in [5, 5.41) is 12.9. The number of aliphatic carboxylic acids is 1. The average Bonchev–Trinajstić information content (AvgIpc) is 3.00.